The minimum atomic E-state index is 0.304. The van der Waals surface area contributed by atoms with Gasteiger partial charge in [-0.25, -0.2) is 4.79 Å². The van der Waals surface area contributed by atoms with E-state index in [1.54, 1.807) is 6.07 Å². The second kappa shape index (κ2) is 5.83. The van der Waals surface area contributed by atoms with Crippen LogP contribution in [0.2, 0.25) is 0 Å². The zero-order chi connectivity index (χ0) is 12.0. The maximum atomic E-state index is 10.3. The van der Waals surface area contributed by atoms with Gasteiger partial charge in [-0.2, -0.15) is 4.99 Å². The molecule has 1 aromatic carbocycles. The van der Waals surface area contributed by atoms with Gasteiger partial charge in [-0.3, -0.25) is 0 Å². The van der Waals surface area contributed by atoms with Crippen molar-refractivity contribution in [3.63, 3.8) is 0 Å². The summed E-state index contributed by atoms with van der Waals surface area (Å²) < 4.78 is 0. The van der Waals surface area contributed by atoms with Gasteiger partial charge < -0.3 is 4.84 Å². The third kappa shape index (κ3) is 3.33. The van der Waals surface area contributed by atoms with Crippen molar-refractivity contribution in [2.75, 3.05) is 0 Å². The van der Waals surface area contributed by atoms with Gasteiger partial charge in [0.2, 0.25) is 6.08 Å². The Labute approximate surface area is 94.6 Å². The first-order valence-electron chi connectivity index (χ1n) is 4.94. The van der Waals surface area contributed by atoms with Crippen molar-refractivity contribution in [2.45, 2.75) is 27.4 Å². The molecular formula is C12H14N2O2. The molecule has 84 valence electrons. The molecule has 4 nitrogen and oxygen atoms in total. The summed E-state index contributed by atoms with van der Waals surface area (Å²) in [6, 6.07) is 5.52. The van der Waals surface area contributed by atoms with Crippen LogP contribution in [0.1, 0.15) is 25.0 Å². The van der Waals surface area contributed by atoms with Crippen molar-refractivity contribution < 1.29 is 9.63 Å². The Hall–Kier alpha value is -1.93. The number of aliphatic imine (C=N–C) groups is 1. The molecule has 0 aliphatic rings. The first kappa shape index (κ1) is 12.1. The Morgan fingerprint density at radius 2 is 2.19 bits per heavy atom. The highest BCUT2D eigenvalue weighted by molar-refractivity contribution is 5.78. The first-order valence-corrected chi connectivity index (χ1v) is 4.94. The zero-order valence-corrected chi connectivity index (χ0v) is 9.65. The first-order chi connectivity index (χ1) is 7.65. The minimum absolute atomic E-state index is 0.304. The standard InChI is InChI=1S/C12H14N2O2/c1-9(2)14-16-7-11-10(3)5-4-6-12(11)13-8-15/h4-6H,7H2,1-3H3. The molecule has 0 aliphatic heterocycles. The third-order valence-electron chi connectivity index (χ3n) is 2.01. The molecule has 1 aromatic rings. The summed E-state index contributed by atoms with van der Waals surface area (Å²) >= 11 is 0. The number of isocyanates is 1. The van der Waals surface area contributed by atoms with Gasteiger partial charge in [-0.15, -0.1) is 0 Å². The fraction of sp³-hybridized carbons (Fsp3) is 0.333. The van der Waals surface area contributed by atoms with Crippen LogP contribution in [0, 0.1) is 6.92 Å². The summed E-state index contributed by atoms with van der Waals surface area (Å²) in [6.07, 6.45) is 1.53. The van der Waals surface area contributed by atoms with E-state index in [9.17, 15) is 4.79 Å². The van der Waals surface area contributed by atoms with E-state index < -0.39 is 0 Å². The molecule has 0 aromatic heterocycles. The van der Waals surface area contributed by atoms with Crippen LogP contribution in [0.25, 0.3) is 0 Å². The number of carbonyl (C=O) groups excluding carboxylic acids is 1. The third-order valence-corrected chi connectivity index (χ3v) is 2.01. The topological polar surface area (TPSA) is 51.0 Å². The Kier molecular flexibility index (Phi) is 4.42. The molecule has 0 saturated carbocycles. The summed E-state index contributed by atoms with van der Waals surface area (Å²) in [4.78, 5) is 19.0. The second-order valence-electron chi connectivity index (χ2n) is 3.59. The molecule has 0 spiro atoms. The fourth-order valence-corrected chi connectivity index (χ4v) is 1.25. The number of aryl methyl sites for hydroxylation is 1. The van der Waals surface area contributed by atoms with Gasteiger partial charge in [-0.1, -0.05) is 17.3 Å². The van der Waals surface area contributed by atoms with E-state index >= 15 is 0 Å². The average molecular weight is 218 g/mol. The van der Waals surface area contributed by atoms with Gasteiger partial charge in [-0.05, 0) is 32.4 Å². The van der Waals surface area contributed by atoms with Crippen LogP contribution in [0.4, 0.5) is 5.69 Å². The van der Waals surface area contributed by atoms with Crippen molar-refractivity contribution in [2.24, 2.45) is 10.1 Å². The quantitative estimate of drug-likeness (QED) is 0.443. The van der Waals surface area contributed by atoms with Gasteiger partial charge in [0, 0.05) is 5.56 Å². The molecule has 0 amide bonds. The maximum absolute atomic E-state index is 10.3. The Balaban J connectivity index is 2.92. The van der Waals surface area contributed by atoms with E-state index in [4.69, 9.17) is 4.84 Å². The van der Waals surface area contributed by atoms with E-state index in [1.807, 2.05) is 32.9 Å². The summed E-state index contributed by atoms with van der Waals surface area (Å²) in [7, 11) is 0. The lowest BCUT2D eigenvalue weighted by atomic mass is 10.1. The molecule has 0 aliphatic carbocycles. The van der Waals surface area contributed by atoms with Crippen LogP contribution >= 0.6 is 0 Å². The predicted molar refractivity (Wildman–Crippen MR) is 62.5 cm³/mol. The number of nitrogens with zero attached hydrogens (tertiary/aromatic N) is 2. The highest BCUT2D eigenvalue weighted by Gasteiger charge is 2.05. The molecule has 4 heteroatoms. The summed E-state index contributed by atoms with van der Waals surface area (Å²) in [5.74, 6) is 0. The second-order valence-corrected chi connectivity index (χ2v) is 3.59. The lowest BCUT2D eigenvalue weighted by Crippen LogP contribution is -1.93. The molecule has 16 heavy (non-hydrogen) atoms. The summed E-state index contributed by atoms with van der Waals surface area (Å²) in [6.45, 7) is 5.94. The monoisotopic (exact) mass is 218 g/mol. The van der Waals surface area contributed by atoms with Crippen LogP contribution in [0.5, 0.6) is 0 Å². The van der Waals surface area contributed by atoms with E-state index in [0.717, 1.165) is 16.8 Å². The average Bonchev–Trinajstić information content (AvgIpc) is 2.22. The molecule has 0 atom stereocenters. The number of rotatable bonds is 4. The van der Waals surface area contributed by atoms with Gasteiger partial charge in [0.1, 0.15) is 6.61 Å². The molecule has 1 rings (SSSR count). The van der Waals surface area contributed by atoms with E-state index in [0.29, 0.717) is 12.3 Å². The lowest BCUT2D eigenvalue weighted by molar-refractivity contribution is 0.130. The highest BCUT2D eigenvalue weighted by atomic mass is 16.6. The maximum Gasteiger partial charge on any atom is 0.240 e. The number of hydrogen-bond donors (Lipinski definition) is 0. The molecule has 0 unspecified atom stereocenters. The number of benzene rings is 1. The van der Waals surface area contributed by atoms with Crippen molar-refractivity contribution in [3.05, 3.63) is 29.3 Å². The largest absolute Gasteiger partial charge is 0.391 e. The molecule has 0 saturated heterocycles. The van der Waals surface area contributed by atoms with Gasteiger partial charge in [0.05, 0.1) is 11.4 Å². The van der Waals surface area contributed by atoms with Crippen molar-refractivity contribution >= 4 is 17.5 Å². The van der Waals surface area contributed by atoms with Crippen LogP contribution in [0.15, 0.2) is 28.3 Å². The fourth-order valence-electron chi connectivity index (χ4n) is 1.25. The highest BCUT2D eigenvalue weighted by Crippen LogP contribution is 2.22. The zero-order valence-electron chi connectivity index (χ0n) is 9.65. The molecule has 0 fully saturated rings. The number of oxime groups is 1. The predicted octanol–water partition coefficient (Wildman–Crippen LogP) is 2.87. The van der Waals surface area contributed by atoms with Crippen LogP contribution in [-0.4, -0.2) is 11.8 Å². The van der Waals surface area contributed by atoms with Crippen molar-refractivity contribution in [1.29, 1.82) is 0 Å². The van der Waals surface area contributed by atoms with E-state index in [2.05, 4.69) is 10.1 Å². The van der Waals surface area contributed by atoms with Crippen LogP contribution < -0.4 is 0 Å². The van der Waals surface area contributed by atoms with Gasteiger partial charge in [0.25, 0.3) is 0 Å². The van der Waals surface area contributed by atoms with Crippen LogP contribution in [0.3, 0.4) is 0 Å². The van der Waals surface area contributed by atoms with E-state index in [-0.39, 0.29) is 0 Å². The van der Waals surface area contributed by atoms with Crippen molar-refractivity contribution in [3.8, 4) is 0 Å². The van der Waals surface area contributed by atoms with E-state index in [1.165, 1.54) is 6.08 Å². The Bertz CT molecular complexity index is 442. The van der Waals surface area contributed by atoms with Gasteiger partial charge in [0.15, 0.2) is 0 Å². The Morgan fingerprint density at radius 1 is 1.44 bits per heavy atom. The summed E-state index contributed by atoms with van der Waals surface area (Å²) in [5, 5.41) is 3.84. The molecular weight excluding hydrogens is 204 g/mol. The molecule has 0 bridgehead atoms. The normalized spacial score (nSPS) is 9.19. The summed E-state index contributed by atoms with van der Waals surface area (Å²) in [5.41, 5.74) is 3.30. The SMILES string of the molecule is CC(C)=NOCc1c(C)cccc1N=C=O. The number of hydrogen-bond acceptors (Lipinski definition) is 4. The van der Waals surface area contributed by atoms with Crippen molar-refractivity contribution in [1.82, 2.24) is 0 Å². The molecule has 0 radical (unpaired) electrons. The van der Waals surface area contributed by atoms with Gasteiger partial charge >= 0.3 is 0 Å². The molecule has 0 heterocycles. The molecule has 0 N–H and O–H groups in total. The van der Waals surface area contributed by atoms with Crippen LogP contribution in [-0.2, 0) is 16.2 Å². The smallest absolute Gasteiger partial charge is 0.240 e. The lowest BCUT2D eigenvalue weighted by Gasteiger charge is -2.06. The minimum Gasteiger partial charge on any atom is -0.391 e. The Morgan fingerprint density at radius 3 is 2.81 bits per heavy atom.